The Labute approximate surface area is 116 Å². The molecule has 1 heterocycles. The minimum Gasteiger partial charge on any atom is -0.452 e. The van der Waals surface area contributed by atoms with Crippen molar-refractivity contribution in [2.45, 2.75) is 6.92 Å². The minimum absolute atomic E-state index is 0.124. The minimum atomic E-state index is -0.124. The van der Waals surface area contributed by atoms with E-state index in [9.17, 15) is 4.79 Å². The molecule has 0 saturated heterocycles. The molecule has 19 heavy (non-hydrogen) atoms. The molecule has 3 rings (SSSR count). The summed E-state index contributed by atoms with van der Waals surface area (Å²) in [6, 6.07) is 13.1. The van der Waals surface area contributed by atoms with E-state index in [1.54, 1.807) is 18.2 Å². The zero-order chi connectivity index (χ0) is 13.4. The van der Waals surface area contributed by atoms with E-state index in [-0.39, 0.29) is 5.78 Å². The van der Waals surface area contributed by atoms with Gasteiger partial charge in [-0.3, -0.25) is 4.79 Å². The van der Waals surface area contributed by atoms with Crippen molar-refractivity contribution in [2.24, 2.45) is 0 Å². The van der Waals surface area contributed by atoms with E-state index in [4.69, 9.17) is 16.3 Å². The van der Waals surface area contributed by atoms with Gasteiger partial charge in [0.1, 0.15) is 5.75 Å². The monoisotopic (exact) mass is 270 g/mol. The van der Waals surface area contributed by atoms with Crippen molar-refractivity contribution in [3.05, 3.63) is 69.9 Å². The highest BCUT2D eigenvalue weighted by Gasteiger charge is 2.28. The first-order chi connectivity index (χ1) is 9.15. The lowest BCUT2D eigenvalue weighted by molar-refractivity contribution is 0.101. The molecule has 1 aliphatic heterocycles. The van der Waals surface area contributed by atoms with E-state index in [2.05, 4.69) is 0 Å². The van der Waals surface area contributed by atoms with Gasteiger partial charge in [-0.15, -0.1) is 0 Å². The van der Waals surface area contributed by atoms with Crippen LogP contribution in [0, 0.1) is 6.92 Å². The number of allylic oxidation sites excluding steroid dienone is 1. The van der Waals surface area contributed by atoms with Crippen LogP contribution in [0.4, 0.5) is 0 Å². The van der Waals surface area contributed by atoms with Crippen molar-refractivity contribution in [2.75, 3.05) is 0 Å². The lowest BCUT2D eigenvalue weighted by Gasteiger charge is -2.01. The van der Waals surface area contributed by atoms with Gasteiger partial charge in [-0.25, -0.2) is 0 Å². The van der Waals surface area contributed by atoms with Crippen molar-refractivity contribution in [1.29, 1.82) is 0 Å². The molecular formula is C16H11ClO2. The topological polar surface area (TPSA) is 26.3 Å². The van der Waals surface area contributed by atoms with Crippen LogP contribution >= 0.6 is 11.6 Å². The molecule has 2 aromatic rings. The Balaban J connectivity index is 2.02. The van der Waals surface area contributed by atoms with Crippen molar-refractivity contribution in [3.63, 3.8) is 0 Å². The highest BCUT2D eigenvalue weighted by atomic mass is 35.5. The Morgan fingerprint density at radius 1 is 1.16 bits per heavy atom. The third-order valence-electron chi connectivity index (χ3n) is 3.05. The SMILES string of the molecule is Cc1cc2c(cc1Cl)C(=O)/C(=C/c1ccccc1)O2. The molecule has 0 atom stereocenters. The van der Waals surface area contributed by atoms with Gasteiger partial charge in [0.2, 0.25) is 5.78 Å². The zero-order valence-electron chi connectivity index (χ0n) is 10.3. The number of rotatable bonds is 1. The van der Waals surface area contributed by atoms with E-state index in [1.165, 1.54) is 0 Å². The van der Waals surface area contributed by atoms with Gasteiger partial charge in [0, 0.05) is 5.02 Å². The number of hydrogen-bond acceptors (Lipinski definition) is 2. The Morgan fingerprint density at radius 2 is 1.89 bits per heavy atom. The quantitative estimate of drug-likeness (QED) is 0.724. The van der Waals surface area contributed by atoms with Crippen LogP contribution in [0.25, 0.3) is 6.08 Å². The van der Waals surface area contributed by atoms with Crippen LogP contribution in [0.2, 0.25) is 5.02 Å². The molecule has 0 aliphatic carbocycles. The predicted molar refractivity (Wildman–Crippen MR) is 75.6 cm³/mol. The summed E-state index contributed by atoms with van der Waals surface area (Å²) in [4.78, 5) is 12.2. The average molecular weight is 271 g/mol. The van der Waals surface area contributed by atoms with E-state index in [0.29, 0.717) is 22.1 Å². The second-order valence-electron chi connectivity index (χ2n) is 4.45. The number of ether oxygens (including phenoxy) is 1. The summed E-state index contributed by atoms with van der Waals surface area (Å²) in [5.74, 6) is 0.790. The fraction of sp³-hybridized carbons (Fsp3) is 0.0625. The molecule has 0 N–H and O–H groups in total. The maximum atomic E-state index is 12.2. The standard InChI is InChI=1S/C16H11ClO2/c1-10-7-14-12(9-13(10)17)16(18)15(19-14)8-11-5-3-2-4-6-11/h2-9H,1H3/b15-8-. The summed E-state index contributed by atoms with van der Waals surface area (Å²) in [5.41, 5.74) is 2.36. The number of benzene rings is 2. The molecule has 0 fully saturated rings. The molecule has 94 valence electrons. The maximum absolute atomic E-state index is 12.2. The lowest BCUT2D eigenvalue weighted by Crippen LogP contribution is -1.97. The number of Topliss-reactive ketones (excluding diaryl/α,β-unsaturated/α-hetero) is 1. The van der Waals surface area contributed by atoms with Gasteiger partial charge in [-0.1, -0.05) is 41.9 Å². The molecule has 2 nitrogen and oxygen atoms in total. The Morgan fingerprint density at radius 3 is 2.63 bits per heavy atom. The van der Waals surface area contributed by atoms with Gasteiger partial charge in [0.15, 0.2) is 5.76 Å². The molecule has 0 saturated carbocycles. The first-order valence-electron chi connectivity index (χ1n) is 5.94. The molecule has 0 bridgehead atoms. The van der Waals surface area contributed by atoms with Crippen LogP contribution in [-0.2, 0) is 0 Å². The number of ketones is 1. The van der Waals surface area contributed by atoms with Gasteiger partial charge in [-0.2, -0.15) is 0 Å². The largest absolute Gasteiger partial charge is 0.452 e. The van der Waals surface area contributed by atoms with Crippen LogP contribution in [0.15, 0.2) is 48.2 Å². The summed E-state index contributed by atoms with van der Waals surface area (Å²) >= 11 is 6.04. The Bertz CT molecular complexity index is 687. The van der Waals surface area contributed by atoms with E-state index < -0.39 is 0 Å². The maximum Gasteiger partial charge on any atom is 0.232 e. The summed E-state index contributed by atoms with van der Waals surface area (Å²) in [5, 5.41) is 0.580. The summed E-state index contributed by atoms with van der Waals surface area (Å²) in [6.45, 7) is 1.88. The fourth-order valence-corrected chi connectivity index (χ4v) is 2.17. The Hall–Kier alpha value is -2.06. The highest BCUT2D eigenvalue weighted by molar-refractivity contribution is 6.32. The first kappa shape index (κ1) is 12.0. The second-order valence-corrected chi connectivity index (χ2v) is 4.86. The number of carbonyl (C=O) groups excluding carboxylic acids is 1. The predicted octanol–water partition coefficient (Wildman–Crippen LogP) is 4.26. The zero-order valence-corrected chi connectivity index (χ0v) is 11.1. The molecule has 3 heteroatoms. The third-order valence-corrected chi connectivity index (χ3v) is 3.45. The Kier molecular flexibility index (Phi) is 2.88. The number of hydrogen-bond donors (Lipinski definition) is 0. The average Bonchev–Trinajstić information content (AvgIpc) is 2.69. The second kappa shape index (κ2) is 4.56. The smallest absolute Gasteiger partial charge is 0.232 e. The van der Waals surface area contributed by atoms with Gasteiger partial charge in [0.25, 0.3) is 0 Å². The van der Waals surface area contributed by atoms with Gasteiger partial charge < -0.3 is 4.74 Å². The van der Waals surface area contributed by atoms with Crippen LogP contribution in [0.3, 0.4) is 0 Å². The van der Waals surface area contributed by atoms with Crippen molar-refractivity contribution >= 4 is 23.5 Å². The molecule has 0 aromatic heterocycles. The number of fused-ring (bicyclic) bond motifs is 1. The third kappa shape index (κ3) is 2.15. The van der Waals surface area contributed by atoms with Crippen molar-refractivity contribution < 1.29 is 9.53 Å². The molecule has 0 unspecified atom stereocenters. The van der Waals surface area contributed by atoms with Gasteiger partial charge in [-0.05, 0) is 36.3 Å². The van der Waals surface area contributed by atoms with Crippen LogP contribution in [0.1, 0.15) is 21.5 Å². The molecule has 0 spiro atoms. The van der Waals surface area contributed by atoms with E-state index in [0.717, 1.165) is 11.1 Å². The number of halogens is 1. The molecule has 2 aromatic carbocycles. The van der Waals surface area contributed by atoms with Crippen molar-refractivity contribution in [1.82, 2.24) is 0 Å². The molecule has 1 aliphatic rings. The molecule has 0 amide bonds. The van der Waals surface area contributed by atoms with Crippen LogP contribution in [0.5, 0.6) is 5.75 Å². The van der Waals surface area contributed by atoms with Gasteiger partial charge >= 0.3 is 0 Å². The van der Waals surface area contributed by atoms with E-state index >= 15 is 0 Å². The van der Waals surface area contributed by atoms with Gasteiger partial charge in [0.05, 0.1) is 5.56 Å². The fourth-order valence-electron chi connectivity index (χ4n) is 2.01. The van der Waals surface area contributed by atoms with Crippen LogP contribution in [-0.4, -0.2) is 5.78 Å². The molecular weight excluding hydrogens is 260 g/mol. The number of carbonyl (C=O) groups is 1. The summed E-state index contributed by atoms with van der Waals surface area (Å²) < 4.78 is 5.61. The van der Waals surface area contributed by atoms with E-state index in [1.807, 2.05) is 37.3 Å². The number of aryl methyl sites for hydroxylation is 1. The first-order valence-corrected chi connectivity index (χ1v) is 6.32. The summed E-state index contributed by atoms with van der Waals surface area (Å²) in [7, 11) is 0. The normalized spacial score (nSPS) is 15.5. The highest BCUT2D eigenvalue weighted by Crippen LogP contribution is 2.35. The lowest BCUT2D eigenvalue weighted by atomic mass is 10.1. The van der Waals surface area contributed by atoms with Crippen molar-refractivity contribution in [3.8, 4) is 5.75 Å². The summed E-state index contributed by atoms with van der Waals surface area (Å²) in [6.07, 6.45) is 1.74. The molecule has 0 radical (unpaired) electrons. The van der Waals surface area contributed by atoms with Crippen LogP contribution < -0.4 is 4.74 Å².